The molecule has 0 saturated heterocycles. The van der Waals surface area contributed by atoms with Crippen molar-refractivity contribution < 1.29 is 24.5 Å². The normalized spacial score (nSPS) is 12.6. The van der Waals surface area contributed by atoms with Gasteiger partial charge in [0.05, 0.1) is 25.4 Å². The molecule has 2 unspecified atom stereocenters. The molecule has 2 atom stereocenters. The number of nitrogens with one attached hydrogen (secondary N) is 1. The molecule has 6 nitrogen and oxygen atoms in total. The van der Waals surface area contributed by atoms with Crippen molar-refractivity contribution in [2.45, 2.75) is 386 Å². The highest BCUT2D eigenvalue weighted by atomic mass is 16.5. The Balaban J connectivity index is 3.44. The fourth-order valence-corrected chi connectivity index (χ4v) is 10.6. The highest BCUT2D eigenvalue weighted by molar-refractivity contribution is 5.76. The Bertz CT molecular complexity index is 1150. The monoisotopic (exact) mass is 1040 g/mol. The van der Waals surface area contributed by atoms with Gasteiger partial charge in [0, 0.05) is 12.8 Å². The predicted octanol–water partition coefficient (Wildman–Crippen LogP) is 21.4. The minimum atomic E-state index is -0.850. The molecule has 74 heavy (non-hydrogen) atoms. The SMILES string of the molecule is CCCCCCCC/C=C\CCCCCCCC(=O)OCCCCCCCCCCCCCCCCCCCC(=O)NC(CO)C(O)/C=C/CCCCCCCCCCCCCCCCCCCCCCCCC. The number of hydrogen-bond acceptors (Lipinski definition) is 5. The van der Waals surface area contributed by atoms with Crippen molar-refractivity contribution in [2.75, 3.05) is 13.2 Å². The van der Waals surface area contributed by atoms with Crippen LogP contribution >= 0.6 is 0 Å². The Morgan fingerprint density at radius 3 is 0.959 bits per heavy atom. The van der Waals surface area contributed by atoms with Gasteiger partial charge in [-0.25, -0.2) is 0 Å². The minimum Gasteiger partial charge on any atom is -0.466 e. The van der Waals surface area contributed by atoms with Crippen molar-refractivity contribution in [3.05, 3.63) is 24.3 Å². The lowest BCUT2D eigenvalue weighted by Crippen LogP contribution is -2.45. The molecule has 0 aromatic rings. The van der Waals surface area contributed by atoms with E-state index in [1.54, 1.807) is 6.08 Å². The largest absolute Gasteiger partial charge is 0.466 e. The molecule has 0 saturated carbocycles. The number of ether oxygens (including phenoxy) is 1. The molecule has 0 fully saturated rings. The van der Waals surface area contributed by atoms with Crippen molar-refractivity contribution in [3.8, 4) is 0 Å². The van der Waals surface area contributed by atoms with Crippen LogP contribution in [-0.2, 0) is 14.3 Å². The Morgan fingerprint density at radius 2 is 0.635 bits per heavy atom. The van der Waals surface area contributed by atoms with Crippen LogP contribution in [0.25, 0.3) is 0 Å². The molecule has 1 amide bonds. The van der Waals surface area contributed by atoms with E-state index in [0.29, 0.717) is 19.4 Å². The summed E-state index contributed by atoms with van der Waals surface area (Å²) in [4.78, 5) is 24.6. The van der Waals surface area contributed by atoms with Crippen LogP contribution in [-0.4, -0.2) is 47.4 Å². The Hall–Kier alpha value is -1.66. The average Bonchev–Trinajstić information content (AvgIpc) is 3.40. The zero-order valence-electron chi connectivity index (χ0n) is 50.1. The molecule has 0 aliphatic rings. The first-order valence-electron chi connectivity index (χ1n) is 33.6. The molecule has 0 heterocycles. The summed E-state index contributed by atoms with van der Waals surface area (Å²) in [5, 5.41) is 23.3. The van der Waals surface area contributed by atoms with Gasteiger partial charge in [-0.1, -0.05) is 327 Å². The van der Waals surface area contributed by atoms with E-state index in [-0.39, 0.29) is 18.5 Å². The second kappa shape index (κ2) is 63.9. The molecule has 0 spiro atoms. The van der Waals surface area contributed by atoms with E-state index in [4.69, 9.17) is 4.74 Å². The topological polar surface area (TPSA) is 95.9 Å². The van der Waals surface area contributed by atoms with E-state index in [9.17, 15) is 19.8 Å². The molecule has 0 aliphatic heterocycles. The van der Waals surface area contributed by atoms with E-state index in [1.165, 1.54) is 302 Å². The summed E-state index contributed by atoms with van der Waals surface area (Å²) in [7, 11) is 0. The zero-order chi connectivity index (χ0) is 53.6. The highest BCUT2D eigenvalue weighted by Crippen LogP contribution is 2.18. The van der Waals surface area contributed by atoms with Crippen molar-refractivity contribution in [2.24, 2.45) is 0 Å². The van der Waals surface area contributed by atoms with Crippen LogP contribution in [0.15, 0.2) is 24.3 Å². The molecular formula is C68H131NO5. The number of hydrogen-bond donors (Lipinski definition) is 3. The van der Waals surface area contributed by atoms with Crippen molar-refractivity contribution >= 4 is 11.9 Å². The Kier molecular flexibility index (Phi) is 62.4. The van der Waals surface area contributed by atoms with E-state index in [0.717, 1.165) is 44.9 Å². The summed E-state index contributed by atoms with van der Waals surface area (Å²) in [6, 6.07) is -0.633. The van der Waals surface area contributed by atoms with Crippen LogP contribution in [0.4, 0.5) is 0 Å². The van der Waals surface area contributed by atoms with E-state index in [2.05, 4.69) is 31.3 Å². The van der Waals surface area contributed by atoms with Crippen LogP contribution in [0.3, 0.4) is 0 Å². The van der Waals surface area contributed by atoms with Gasteiger partial charge in [0.1, 0.15) is 0 Å². The highest BCUT2D eigenvalue weighted by Gasteiger charge is 2.18. The fraction of sp³-hybridized carbons (Fsp3) is 0.912. The summed E-state index contributed by atoms with van der Waals surface area (Å²) in [6.45, 7) is 4.92. The zero-order valence-corrected chi connectivity index (χ0v) is 50.1. The number of amides is 1. The molecule has 3 N–H and O–H groups in total. The Labute approximate surface area is 462 Å². The van der Waals surface area contributed by atoms with Crippen LogP contribution in [0.2, 0.25) is 0 Å². The lowest BCUT2D eigenvalue weighted by atomic mass is 10.0. The lowest BCUT2D eigenvalue weighted by molar-refractivity contribution is -0.143. The third-order valence-corrected chi connectivity index (χ3v) is 15.7. The number of rotatable bonds is 63. The van der Waals surface area contributed by atoms with Crippen molar-refractivity contribution in [3.63, 3.8) is 0 Å². The quantitative estimate of drug-likeness (QED) is 0.0320. The van der Waals surface area contributed by atoms with Crippen LogP contribution < -0.4 is 5.32 Å². The minimum absolute atomic E-state index is 0.00251. The van der Waals surface area contributed by atoms with Gasteiger partial charge < -0.3 is 20.3 Å². The number of carbonyl (C=O) groups excluding carboxylic acids is 2. The van der Waals surface area contributed by atoms with Gasteiger partial charge in [-0.05, 0) is 57.8 Å². The summed E-state index contributed by atoms with van der Waals surface area (Å²) in [5.74, 6) is -0.0718. The van der Waals surface area contributed by atoms with Gasteiger partial charge in [-0.3, -0.25) is 9.59 Å². The number of carbonyl (C=O) groups is 2. The van der Waals surface area contributed by atoms with Gasteiger partial charge in [0.25, 0.3) is 0 Å². The van der Waals surface area contributed by atoms with Crippen LogP contribution in [0.1, 0.15) is 373 Å². The average molecular weight is 1040 g/mol. The molecule has 0 rings (SSSR count). The van der Waals surface area contributed by atoms with E-state index in [1.807, 2.05) is 6.08 Å². The van der Waals surface area contributed by atoms with Gasteiger partial charge in [0.15, 0.2) is 0 Å². The fourth-order valence-electron chi connectivity index (χ4n) is 10.6. The summed E-state index contributed by atoms with van der Waals surface area (Å²) in [5.41, 5.74) is 0. The maximum Gasteiger partial charge on any atom is 0.305 e. The van der Waals surface area contributed by atoms with Gasteiger partial charge in [0.2, 0.25) is 5.91 Å². The number of esters is 1. The number of unbranched alkanes of at least 4 members (excludes halogenated alkanes) is 50. The molecule has 0 aromatic carbocycles. The summed E-state index contributed by atoms with van der Waals surface area (Å²) in [6.07, 6.45) is 79.5. The van der Waals surface area contributed by atoms with Gasteiger partial charge in [-0.2, -0.15) is 0 Å². The van der Waals surface area contributed by atoms with E-state index < -0.39 is 12.1 Å². The molecule has 6 heteroatoms. The second-order valence-corrected chi connectivity index (χ2v) is 23.2. The number of aliphatic hydroxyl groups is 2. The third-order valence-electron chi connectivity index (χ3n) is 15.7. The summed E-state index contributed by atoms with van der Waals surface area (Å²) >= 11 is 0. The van der Waals surface area contributed by atoms with Crippen LogP contribution in [0, 0.1) is 0 Å². The second-order valence-electron chi connectivity index (χ2n) is 23.2. The smallest absolute Gasteiger partial charge is 0.305 e. The standard InChI is InChI=1S/C68H131NO5/c1-3-5-7-9-11-13-15-17-19-20-21-22-23-24-25-26-27-29-33-36-40-44-48-52-56-60-66(71)65(64-70)69-67(72)61-57-53-49-45-41-37-34-30-28-31-35-39-43-47-51-55-59-63-74-68(73)62-58-54-50-46-42-38-32-18-16-14-12-10-8-6-4-2/h18,32,56,60,65-66,70-71H,3-17,19-31,33-55,57-59,61-64H2,1-2H3,(H,69,72)/b32-18-,60-56+. The van der Waals surface area contributed by atoms with Crippen molar-refractivity contribution in [1.82, 2.24) is 5.32 Å². The lowest BCUT2D eigenvalue weighted by Gasteiger charge is -2.20. The number of aliphatic hydroxyl groups excluding tert-OH is 2. The number of allylic oxidation sites excluding steroid dienone is 3. The molecule has 0 aliphatic carbocycles. The molecule has 0 radical (unpaired) electrons. The first-order valence-corrected chi connectivity index (χ1v) is 33.6. The molecule has 438 valence electrons. The Morgan fingerprint density at radius 1 is 0.365 bits per heavy atom. The van der Waals surface area contributed by atoms with Gasteiger partial charge >= 0.3 is 5.97 Å². The van der Waals surface area contributed by atoms with Crippen LogP contribution in [0.5, 0.6) is 0 Å². The maximum absolute atomic E-state index is 12.5. The molecule has 0 bridgehead atoms. The first kappa shape index (κ1) is 72.3. The predicted molar refractivity (Wildman–Crippen MR) is 324 cm³/mol. The van der Waals surface area contributed by atoms with Crippen molar-refractivity contribution in [1.29, 1.82) is 0 Å². The first-order chi connectivity index (χ1) is 36.5. The maximum atomic E-state index is 12.5. The third kappa shape index (κ3) is 59.6. The molecule has 0 aromatic heterocycles. The van der Waals surface area contributed by atoms with E-state index >= 15 is 0 Å². The van der Waals surface area contributed by atoms with Gasteiger partial charge in [-0.15, -0.1) is 0 Å². The summed E-state index contributed by atoms with van der Waals surface area (Å²) < 4.78 is 5.48. The molecular weight excluding hydrogens is 911 g/mol.